The van der Waals surface area contributed by atoms with E-state index in [1.807, 2.05) is 0 Å². The van der Waals surface area contributed by atoms with E-state index in [4.69, 9.17) is 5.73 Å². The molecule has 0 saturated carbocycles. The quantitative estimate of drug-likeness (QED) is 0.836. The number of halogens is 1. The summed E-state index contributed by atoms with van der Waals surface area (Å²) >= 11 is 3.26. The van der Waals surface area contributed by atoms with Gasteiger partial charge < -0.3 is 5.73 Å². The molecule has 2 rings (SSSR count). The standard InChI is InChI=1S/C10H11BrN4O2S/c1-15-10(4-5-13-15)18(16,17)14-9-6-7(12)2-3-8(9)11/h2-6,14H,12H2,1H3. The van der Waals surface area contributed by atoms with Gasteiger partial charge in [0.1, 0.15) is 0 Å². The number of nitrogens with zero attached hydrogens (tertiary/aromatic N) is 2. The lowest BCUT2D eigenvalue weighted by Crippen LogP contribution is -2.17. The SMILES string of the molecule is Cn1nccc1S(=O)(=O)Nc1cc(N)ccc1Br. The van der Waals surface area contributed by atoms with Crippen molar-refractivity contribution in [3.8, 4) is 0 Å². The Morgan fingerprint density at radius 2 is 2.11 bits per heavy atom. The molecule has 2 aromatic rings. The molecule has 8 heteroatoms. The molecule has 1 heterocycles. The zero-order chi connectivity index (χ0) is 13.3. The predicted octanol–water partition coefficient (Wildman–Crippen LogP) is 1.57. The van der Waals surface area contributed by atoms with Crippen molar-refractivity contribution >= 4 is 37.3 Å². The van der Waals surface area contributed by atoms with Crippen LogP contribution in [0.1, 0.15) is 0 Å². The molecule has 0 amide bonds. The van der Waals surface area contributed by atoms with Crippen LogP contribution in [-0.2, 0) is 17.1 Å². The number of benzene rings is 1. The van der Waals surface area contributed by atoms with Crippen LogP contribution in [0.25, 0.3) is 0 Å². The Kier molecular flexibility index (Phi) is 3.31. The number of aromatic nitrogens is 2. The molecule has 0 aliphatic carbocycles. The number of nitrogen functional groups attached to an aromatic ring is 1. The smallest absolute Gasteiger partial charge is 0.279 e. The Bertz CT molecular complexity index is 681. The van der Waals surface area contributed by atoms with E-state index in [0.29, 0.717) is 15.8 Å². The van der Waals surface area contributed by atoms with E-state index < -0.39 is 10.0 Å². The first-order chi connectivity index (χ1) is 8.40. The first kappa shape index (κ1) is 12.9. The molecule has 0 radical (unpaired) electrons. The molecule has 0 fully saturated rings. The molecule has 0 unspecified atom stereocenters. The van der Waals surface area contributed by atoms with Crippen molar-refractivity contribution in [2.45, 2.75) is 5.03 Å². The Morgan fingerprint density at radius 3 is 2.72 bits per heavy atom. The largest absolute Gasteiger partial charge is 0.399 e. The van der Waals surface area contributed by atoms with E-state index in [1.54, 1.807) is 19.2 Å². The molecule has 0 aliphatic heterocycles. The Balaban J connectivity index is 2.40. The topological polar surface area (TPSA) is 90.0 Å². The molecule has 1 aromatic heterocycles. The highest BCUT2D eigenvalue weighted by Gasteiger charge is 2.19. The van der Waals surface area contributed by atoms with Gasteiger partial charge in [0, 0.05) is 17.2 Å². The van der Waals surface area contributed by atoms with Crippen LogP contribution in [0.4, 0.5) is 11.4 Å². The molecule has 1 aromatic carbocycles. The van der Waals surface area contributed by atoms with Gasteiger partial charge in [-0.25, -0.2) is 0 Å². The van der Waals surface area contributed by atoms with Crippen molar-refractivity contribution in [1.29, 1.82) is 0 Å². The van der Waals surface area contributed by atoms with Crippen molar-refractivity contribution < 1.29 is 8.42 Å². The van der Waals surface area contributed by atoms with Crippen molar-refractivity contribution in [2.75, 3.05) is 10.5 Å². The predicted molar refractivity (Wildman–Crippen MR) is 72.6 cm³/mol. The highest BCUT2D eigenvalue weighted by molar-refractivity contribution is 9.10. The molecule has 0 spiro atoms. The summed E-state index contributed by atoms with van der Waals surface area (Å²) in [5, 5.41) is 3.91. The highest BCUT2D eigenvalue weighted by Crippen LogP contribution is 2.26. The summed E-state index contributed by atoms with van der Waals surface area (Å²) in [7, 11) is -2.12. The number of nitrogens with two attached hydrogens (primary N) is 1. The molecule has 3 N–H and O–H groups in total. The molecule has 0 aliphatic rings. The van der Waals surface area contributed by atoms with Gasteiger partial charge in [0.05, 0.1) is 11.9 Å². The van der Waals surface area contributed by atoms with Gasteiger partial charge in [0.25, 0.3) is 10.0 Å². The molecule has 18 heavy (non-hydrogen) atoms. The number of hydrogen-bond acceptors (Lipinski definition) is 4. The van der Waals surface area contributed by atoms with Gasteiger partial charge in [-0.2, -0.15) is 13.5 Å². The number of anilines is 2. The number of aryl methyl sites for hydroxylation is 1. The molecule has 0 bridgehead atoms. The van der Waals surface area contributed by atoms with Gasteiger partial charge in [-0.1, -0.05) is 0 Å². The first-order valence-corrected chi connectivity index (χ1v) is 7.23. The zero-order valence-electron chi connectivity index (χ0n) is 9.46. The van der Waals surface area contributed by atoms with Crippen molar-refractivity contribution in [1.82, 2.24) is 9.78 Å². The average Bonchev–Trinajstić information content (AvgIpc) is 2.70. The normalized spacial score (nSPS) is 11.4. The van der Waals surface area contributed by atoms with Crippen molar-refractivity contribution in [3.05, 3.63) is 34.9 Å². The van der Waals surface area contributed by atoms with Crippen molar-refractivity contribution in [3.63, 3.8) is 0 Å². The minimum absolute atomic E-state index is 0.0804. The summed E-state index contributed by atoms with van der Waals surface area (Å²) in [5.41, 5.74) is 6.48. The zero-order valence-corrected chi connectivity index (χ0v) is 11.9. The maximum atomic E-state index is 12.1. The summed E-state index contributed by atoms with van der Waals surface area (Å²) in [5.74, 6) is 0. The maximum Gasteiger partial charge on any atom is 0.279 e. The third-order valence-electron chi connectivity index (χ3n) is 2.29. The summed E-state index contributed by atoms with van der Waals surface area (Å²) in [6.07, 6.45) is 1.42. The molecular weight excluding hydrogens is 320 g/mol. The van der Waals surface area contributed by atoms with E-state index in [0.717, 1.165) is 0 Å². The number of hydrogen-bond donors (Lipinski definition) is 2. The van der Waals surface area contributed by atoms with E-state index in [9.17, 15) is 8.42 Å². The van der Waals surface area contributed by atoms with Crippen LogP contribution < -0.4 is 10.5 Å². The summed E-state index contributed by atoms with van der Waals surface area (Å²) in [6, 6.07) is 6.31. The Labute approximate surface area is 113 Å². The number of nitrogens with one attached hydrogen (secondary N) is 1. The van der Waals surface area contributed by atoms with E-state index in [-0.39, 0.29) is 5.03 Å². The fraction of sp³-hybridized carbons (Fsp3) is 0.100. The van der Waals surface area contributed by atoms with Crippen molar-refractivity contribution in [2.24, 2.45) is 7.05 Å². The van der Waals surface area contributed by atoms with Crippen LogP contribution in [0.3, 0.4) is 0 Å². The van der Waals surface area contributed by atoms with Gasteiger partial charge in [0.2, 0.25) is 0 Å². The fourth-order valence-corrected chi connectivity index (χ4v) is 3.12. The lowest BCUT2D eigenvalue weighted by molar-refractivity contribution is 0.582. The second-order valence-electron chi connectivity index (χ2n) is 3.64. The summed E-state index contributed by atoms with van der Waals surface area (Å²) < 4.78 is 28.6. The second-order valence-corrected chi connectivity index (χ2v) is 6.12. The Morgan fingerprint density at radius 1 is 1.39 bits per heavy atom. The first-order valence-electron chi connectivity index (χ1n) is 4.96. The van der Waals surface area contributed by atoms with Crippen LogP contribution in [0.2, 0.25) is 0 Å². The molecule has 0 saturated heterocycles. The fourth-order valence-electron chi connectivity index (χ4n) is 1.44. The number of rotatable bonds is 3. The molecular formula is C10H11BrN4O2S. The molecule has 6 nitrogen and oxygen atoms in total. The van der Waals surface area contributed by atoms with Crippen LogP contribution in [-0.4, -0.2) is 18.2 Å². The third-order valence-corrected chi connectivity index (χ3v) is 4.42. The van der Waals surface area contributed by atoms with Gasteiger partial charge in [0.15, 0.2) is 5.03 Å². The monoisotopic (exact) mass is 330 g/mol. The van der Waals surface area contributed by atoms with Crippen LogP contribution >= 0.6 is 15.9 Å². The van der Waals surface area contributed by atoms with E-state index >= 15 is 0 Å². The molecule has 0 atom stereocenters. The van der Waals surface area contributed by atoms with Gasteiger partial charge in [-0.3, -0.25) is 9.40 Å². The van der Waals surface area contributed by atoms with Gasteiger partial charge in [-0.15, -0.1) is 0 Å². The number of sulfonamides is 1. The second kappa shape index (κ2) is 4.62. The average molecular weight is 331 g/mol. The van der Waals surface area contributed by atoms with Crippen LogP contribution in [0, 0.1) is 0 Å². The van der Waals surface area contributed by atoms with E-state index in [1.165, 1.54) is 23.0 Å². The van der Waals surface area contributed by atoms with Gasteiger partial charge >= 0.3 is 0 Å². The minimum Gasteiger partial charge on any atom is -0.399 e. The molecule has 96 valence electrons. The minimum atomic E-state index is -3.68. The highest BCUT2D eigenvalue weighted by atomic mass is 79.9. The van der Waals surface area contributed by atoms with Crippen LogP contribution in [0.5, 0.6) is 0 Å². The van der Waals surface area contributed by atoms with Gasteiger partial charge in [-0.05, 0) is 40.2 Å². The lowest BCUT2D eigenvalue weighted by atomic mass is 10.3. The summed E-state index contributed by atoms with van der Waals surface area (Å²) in [4.78, 5) is 0. The van der Waals surface area contributed by atoms with E-state index in [2.05, 4.69) is 25.8 Å². The maximum absolute atomic E-state index is 12.1. The Hall–Kier alpha value is -1.54. The summed E-state index contributed by atoms with van der Waals surface area (Å²) in [6.45, 7) is 0. The lowest BCUT2D eigenvalue weighted by Gasteiger charge is -2.10. The van der Waals surface area contributed by atoms with Crippen LogP contribution in [0.15, 0.2) is 40.0 Å². The third kappa shape index (κ3) is 2.49.